The third-order valence-corrected chi connectivity index (χ3v) is 1.80. The van der Waals surface area contributed by atoms with Gasteiger partial charge in [0.2, 0.25) is 0 Å². The highest BCUT2D eigenvalue weighted by Gasteiger charge is 1.59. The first-order chi connectivity index (χ1) is 9.00. The number of nitrogens with zero attached hydrogens (tertiary/aromatic N) is 2. The Balaban J connectivity index is 0.000000135. The molecule has 0 saturated carbocycles. The van der Waals surface area contributed by atoms with E-state index in [1.807, 2.05) is 72.8 Å². The Morgan fingerprint density at radius 2 is 0.500 bits per heavy atom. The summed E-state index contributed by atoms with van der Waals surface area (Å²) < 4.78 is 0. The number of rotatable bonds is 0. The second-order valence-electron chi connectivity index (χ2n) is 3.20. The summed E-state index contributed by atoms with van der Waals surface area (Å²) in [6.45, 7) is 0. The lowest BCUT2D eigenvalue weighted by Crippen LogP contribution is -1.58. The molecule has 0 N–H and O–H groups in total. The molecule has 0 amide bonds. The van der Waals surface area contributed by atoms with Crippen molar-refractivity contribution in [2.75, 3.05) is 0 Å². The molecule has 0 unspecified atom stereocenters. The maximum Gasteiger partial charge on any atom is 0.0267 e. The van der Waals surface area contributed by atoms with Crippen molar-refractivity contribution in [2.45, 2.75) is 0 Å². The lowest BCUT2D eigenvalue weighted by atomic mass is 10.4. The quantitative estimate of drug-likeness (QED) is 0.592. The molecule has 2 heterocycles. The Morgan fingerprint density at radius 3 is 0.611 bits per heavy atom. The van der Waals surface area contributed by atoms with E-state index in [-0.39, 0.29) is 0 Å². The smallest absolute Gasteiger partial charge is 0.0267 e. The zero-order chi connectivity index (χ0) is 12.7. The predicted octanol–water partition coefficient (Wildman–Crippen LogP) is 3.85. The van der Waals surface area contributed by atoms with Crippen molar-refractivity contribution in [1.29, 1.82) is 0 Å². The molecule has 2 heteroatoms. The zero-order valence-electron chi connectivity index (χ0n) is 10.1. The summed E-state index contributed by atoms with van der Waals surface area (Å²) in [5.74, 6) is 0. The normalized spacial score (nSPS) is 8.00. The molecule has 18 heavy (non-hydrogen) atoms. The van der Waals surface area contributed by atoms with Gasteiger partial charge >= 0.3 is 0 Å². The fourth-order valence-electron chi connectivity index (χ4n) is 1.01. The summed E-state index contributed by atoms with van der Waals surface area (Å²) in [6.07, 6.45) is 7.00. The van der Waals surface area contributed by atoms with E-state index >= 15 is 0 Å². The van der Waals surface area contributed by atoms with E-state index < -0.39 is 0 Å². The molecule has 0 aliphatic heterocycles. The number of benzene rings is 1. The van der Waals surface area contributed by atoms with Crippen LogP contribution >= 0.6 is 0 Å². The van der Waals surface area contributed by atoms with Gasteiger partial charge < -0.3 is 0 Å². The van der Waals surface area contributed by atoms with Gasteiger partial charge in [-0.25, -0.2) is 0 Å². The summed E-state index contributed by atoms with van der Waals surface area (Å²) >= 11 is 0. The molecule has 0 aliphatic carbocycles. The summed E-state index contributed by atoms with van der Waals surface area (Å²) in [4.78, 5) is 7.57. The summed E-state index contributed by atoms with van der Waals surface area (Å²) in [5, 5.41) is 0. The molecule has 0 spiro atoms. The van der Waals surface area contributed by atoms with Crippen molar-refractivity contribution < 1.29 is 0 Å². The van der Waals surface area contributed by atoms with Crippen LogP contribution < -0.4 is 0 Å². The second-order valence-corrected chi connectivity index (χ2v) is 3.20. The molecule has 0 radical (unpaired) electrons. The van der Waals surface area contributed by atoms with Gasteiger partial charge in [0.15, 0.2) is 0 Å². The number of pyridine rings is 2. The van der Waals surface area contributed by atoms with Crippen molar-refractivity contribution in [2.24, 2.45) is 0 Å². The average Bonchev–Trinajstić information content (AvgIpc) is 2.54. The van der Waals surface area contributed by atoms with Gasteiger partial charge in [0.25, 0.3) is 0 Å². The molecule has 3 aromatic rings. The lowest BCUT2D eigenvalue weighted by molar-refractivity contribution is 1.33. The first-order valence-electron chi connectivity index (χ1n) is 5.70. The Kier molecular flexibility index (Phi) is 8.32. The van der Waals surface area contributed by atoms with E-state index in [9.17, 15) is 0 Å². The average molecular weight is 236 g/mol. The van der Waals surface area contributed by atoms with E-state index in [4.69, 9.17) is 0 Å². The minimum absolute atomic E-state index is 1.75. The largest absolute Gasteiger partial charge is 0.265 e. The van der Waals surface area contributed by atoms with Crippen LogP contribution in [0.4, 0.5) is 0 Å². The summed E-state index contributed by atoms with van der Waals surface area (Å²) in [5.41, 5.74) is 0. The second kappa shape index (κ2) is 11.0. The fraction of sp³-hybridized carbons (Fsp3) is 0. The monoisotopic (exact) mass is 236 g/mol. The molecule has 2 nitrogen and oxygen atoms in total. The van der Waals surface area contributed by atoms with Crippen LogP contribution in [0.1, 0.15) is 0 Å². The van der Waals surface area contributed by atoms with Gasteiger partial charge in [0.05, 0.1) is 0 Å². The topological polar surface area (TPSA) is 25.8 Å². The van der Waals surface area contributed by atoms with E-state index in [1.54, 1.807) is 24.8 Å². The van der Waals surface area contributed by atoms with Crippen molar-refractivity contribution in [3.63, 3.8) is 0 Å². The molecule has 2 aromatic heterocycles. The van der Waals surface area contributed by atoms with Crippen LogP contribution in [0.15, 0.2) is 97.6 Å². The van der Waals surface area contributed by atoms with Crippen molar-refractivity contribution in [3.05, 3.63) is 97.6 Å². The van der Waals surface area contributed by atoms with E-state index in [0.717, 1.165) is 0 Å². The highest BCUT2D eigenvalue weighted by Crippen LogP contribution is 1.80. The molecule has 3 rings (SSSR count). The summed E-state index contributed by atoms with van der Waals surface area (Å²) in [7, 11) is 0. The molecule has 0 aliphatic rings. The summed E-state index contributed by atoms with van der Waals surface area (Å²) in [6, 6.07) is 23.4. The van der Waals surface area contributed by atoms with Crippen molar-refractivity contribution in [3.8, 4) is 0 Å². The van der Waals surface area contributed by atoms with Gasteiger partial charge in [0, 0.05) is 24.8 Å². The predicted molar refractivity (Wildman–Crippen MR) is 74.9 cm³/mol. The molecular formula is C16H16N2. The van der Waals surface area contributed by atoms with Crippen molar-refractivity contribution >= 4 is 0 Å². The number of hydrogen-bond acceptors (Lipinski definition) is 2. The number of hydrogen-bond donors (Lipinski definition) is 0. The van der Waals surface area contributed by atoms with Gasteiger partial charge in [-0.05, 0) is 24.3 Å². The minimum atomic E-state index is 1.75. The minimum Gasteiger partial charge on any atom is -0.265 e. The van der Waals surface area contributed by atoms with Crippen LogP contribution in [0.3, 0.4) is 0 Å². The van der Waals surface area contributed by atoms with Crippen molar-refractivity contribution in [1.82, 2.24) is 9.97 Å². The Morgan fingerprint density at radius 1 is 0.278 bits per heavy atom. The first kappa shape index (κ1) is 13.6. The standard InChI is InChI=1S/C6H6.2C5H5N/c3*1-2-4-6-5-3-1/h1-6H;2*1-5H. The van der Waals surface area contributed by atoms with Crippen LogP contribution in [-0.2, 0) is 0 Å². The van der Waals surface area contributed by atoms with Gasteiger partial charge in [-0.2, -0.15) is 0 Å². The zero-order valence-corrected chi connectivity index (χ0v) is 10.1. The van der Waals surface area contributed by atoms with Gasteiger partial charge in [-0.15, -0.1) is 0 Å². The third-order valence-electron chi connectivity index (χ3n) is 1.80. The first-order valence-corrected chi connectivity index (χ1v) is 5.70. The Bertz CT molecular complexity index is 300. The maximum atomic E-state index is 3.78. The van der Waals surface area contributed by atoms with Gasteiger partial charge in [-0.1, -0.05) is 48.5 Å². The van der Waals surface area contributed by atoms with E-state index in [1.165, 1.54) is 0 Å². The van der Waals surface area contributed by atoms with Gasteiger partial charge in [0.1, 0.15) is 0 Å². The third kappa shape index (κ3) is 8.80. The molecule has 0 fully saturated rings. The van der Waals surface area contributed by atoms with Gasteiger partial charge in [-0.3, -0.25) is 9.97 Å². The fourth-order valence-corrected chi connectivity index (χ4v) is 1.01. The highest BCUT2D eigenvalue weighted by atomic mass is 14.6. The van der Waals surface area contributed by atoms with Crippen LogP contribution in [0.2, 0.25) is 0 Å². The van der Waals surface area contributed by atoms with Crippen LogP contribution in [0.5, 0.6) is 0 Å². The SMILES string of the molecule is c1ccccc1.c1ccncc1.c1ccncc1. The molecule has 1 aromatic carbocycles. The van der Waals surface area contributed by atoms with Crippen LogP contribution in [0.25, 0.3) is 0 Å². The van der Waals surface area contributed by atoms with Crippen LogP contribution in [-0.4, -0.2) is 9.97 Å². The Hall–Kier alpha value is -2.48. The molecule has 0 atom stereocenters. The number of aromatic nitrogens is 2. The molecule has 0 bridgehead atoms. The Labute approximate surface area is 108 Å². The lowest BCUT2D eigenvalue weighted by Gasteiger charge is -1.70. The molecule has 0 saturated heterocycles. The maximum absolute atomic E-state index is 3.78. The molecular weight excluding hydrogens is 220 g/mol. The highest BCUT2D eigenvalue weighted by molar-refractivity contribution is 4.99. The van der Waals surface area contributed by atoms with E-state index in [0.29, 0.717) is 0 Å². The van der Waals surface area contributed by atoms with E-state index in [2.05, 4.69) is 9.97 Å². The molecule has 90 valence electrons. The van der Waals surface area contributed by atoms with Crippen LogP contribution in [0, 0.1) is 0 Å².